The van der Waals surface area contributed by atoms with E-state index in [-0.39, 0.29) is 0 Å². The van der Waals surface area contributed by atoms with Gasteiger partial charge in [0.25, 0.3) is 0 Å². The molecule has 4 aromatic carbocycles. The molecule has 0 saturated heterocycles. The largest absolute Gasteiger partial charge is 0.309 e. The second-order valence-electron chi connectivity index (χ2n) is 12.4. The van der Waals surface area contributed by atoms with Gasteiger partial charge in [-0.25, -0.2) is 4.98 Å². The number of aliphatic imine (C=N–C) groups is 1. The number of hydrogen-bond donors (Lipinski definition) is 0. The van der Waals surface area contributed by atoms with Crippen LogP contribution in [-0.4, -0.2) is 30.8 Å². The molecule has 0 saturated carbocycles. The van der Waals surface area contributed by atoms with E-state index in [1.807, 2.05) is 49.4 Å². The minimum absolute atomic E-state index is 0.758. The van der Waals surface area contributed by atoms with Crippen molar-refractivity contribution in [2.45, 2.75) is 6.92 Å². The lowest BCUT2D eigenvalue weighted by molar-refractivity contribution is 1.09. The lowest BCUT2D eigenvalue weighted by Crippen LogP contribution is -2.01. The molecule has 5 heterocycles. The van der Waals surface area contributed by atoms with Crippen molar-refractivity contribution >= 4 is 51.2 Å². The molecule has 0 aliphatic rings. The van der Waals surface area contributed by atoms with Crippen LogP contribution in [0.4, 0.5) is 5.69 Å². The van der Waals surface area contributed by atoms with E-state index in [2.05, 4.69) is 140 Å². The van der Waals surface area contributed by atoms with Crippen LogP contribution in [0, 0.1) is 0 Å². The zero-order valence-corrected chi connectivity index (χ0v) is 28.0. The van der Waals surface area contributed by atoms with Gasteiger partial charge in [-0.3, -0.25) is 15.0 Å². The van der Waals surface area contributed by atoms with Gasteiger partial charge in [-0.15, -0.1) is 0 Å². The molecule has 0 unspecified atom stereocenters. The summed E-state index contributed by atoms with van der Waals surface area (Å²) < 4.78 is 4.59. The topological polar surface area (TPSA) is 60.9 Å². The number of aromatic nitrogens is 5. The van der Waals surface area contributed by atoms with E-state index in [1.54, 1.807) is 12.4 Å². The van der Waals surface area contributed by atoms with E-state index >= 15 is 0 Å². The zero-order valence-electron chi connectivity index (χ0n) is 28.0. The van der Waals surface area contributed by atoms with Crippen LogP contribution in [0.25, 0.3) is 84.1 Å². The summed E-state index contributed by atoms with van der Waals surface area (Å²) in [6.45, 7) is 6.08. The van der Waals surface area contributed by atoms with Gasteiger partial charge in [0, 0.05) is 34.2 Å². The molecule has 9 rings (SSSR count). The maximum atomic E-state index is 5.02. The maximum Gasteiger partial charge on any atom is 0.0956 e. The second-order valence-corrected chi connectivity index (χ2v) is 12.4. The number of nitrogens with zero attached hydrogens (tertiary/aromatic N) is 6. The Hall–Kier alpha value is -6.92. The van der Waals surface area contributed by atoms with E-state index in [4.69, 9.17) is 4.98 Å². The molecule has 0 fully saturated rings. The zero-order chi connectivity index (χ0) is 34.3. The third-order valence-corrected chi connectivity index (χ3v) is 9.40. The quantitative estimate of drug-likeness (QED) is 0.160. The van der Waals surface area contributed by atoms with Gasteiger partial charge >= 0.3 is 0 Å². The molecule has 0 N–H and O–H groups in total. The van der Waals surface area contributed by atoms with Crippen molar-refractivity contribution in [2.75, 3.05) is 0 Å². The van der Waals surface area contributed by atoms with Crippen molar-refractivity contribution in [1.29, 1.82) is 0 Å². The fraction of sp³-hybridized carbons (Fsp3) is 0.0222. The number of allylic oxidation sites excluding steroid dienone is 1. The monoisotopic (exact) mass is 656 g/mol. The van der Waals surface area contributed by atoms with Gasteiger partial charge in [0.05, 0.1) is 56.4 Å². The van der Waals surface area contributed by atoms with Crippen LogP contribution < -0.4 is 0 Å². The Morgan fingerprint density at radius 3 is 1.92 bits per heavy atom. The van der Waals surface area contributed by atoms with Gasteiger partial charge in [0.2, 0.25) is 0 Å². The fourth-order valence-corrected chi connectivity index (χ4v) is 7.27. The van der Waals surface area contributed by atoms with Crippen molar-refractivity contribution in [2.24, 2.45) is 4.99 Å². The van der Waals surface area contributed by atoms with Gasteiger partial charge in [0.1, 0.15) is 0 Å². The molecule has 0 aliphatic heterocycles. The minimum Gasteiger partial charge on any atom is -0.309 e. The summed E-state index contributed by atoms with van der Waals surface area (Å²) >= 11 is 0. The number of fused-ring (bicyclic) bond motifs is 4. The highest BCUT2D eigenvalue weighted by Crippen LogP contribution is 2.43. The first-order valence-corrected chi connectivity index (χ1v) is 16.9. The van der Waals surface area contributed by atoms with Crippen LogP contribution in [0.2, 0.25) is 0 Å². The van der Waals surface area contributed by atoms with Crippen LogP contribution in [0.1, 0.15) is 12.6 Å². The second kappa shape index (κ2) is 12.5. The Kier molecular flexibility index (Phi) is 7.40. The Bertz CT molecular complexity index is 2700. The number of hydrogen-bond acceptors (Lipinski definition) is 4. The van der Waals surface area contributed by atoms with E-state index in [0.717, 1.165) is 73.1 Å². The van der Waals surface area contributed by atoms with Crippen LogP contribution in [0.15, 0.2) is 163 Å². The van der Waals surface area contributed by atoms with Crippen LogP contribution in [-0.2, 0) is 0 Å². The Morgan fingerprint density at radius 2 is 1.24 bits per heavy atom. The Balaban J connectivity index is 1.30. The SMILES string of the molecule is C=Nc1c(/C=C\C)n(-c2cc(-c3ccccn3)nc(-c3ccccn3)c2)c2ccc(-c3cccc4c3c3ccccc3n4-c3ccccc3)cc12. The molecular formula is C45H32N6. The third-order valence-electron chi connectivity index (χ3n) is 9.40. The molecule has 6 heteroatoms. The molecule has 0 amide bonds. The Labute approximate surface area is 295 Å². The predicted molar refractivity (Wildman–Crippen MR) is 211 cm³/mol. The molecule has 9 aromatic rings. The van der Waals surface area contributed by atoms with Crippen LogP contribution in [0.3, 0.4) is 0 Å². The van der Waals surface area contributed by atoms with Crippen LogP contribution in [0.5, 0.6) is 0 Å². The van der Waals surface area contributed by atoms with Crippen LogP contribution >= 0.6 is 0 Å². The highest BCUT2D eigenvalue weighted by Gasteiger charge is 2.21. The molecule has 0 spiro atoms. The summed E-state index contributed by atoms with van der Waals surface area (Å²) in [5, 5.41) is 3.43. The summed E-state index contributed by atoms with van der Waals surface area (Å²) in [7, 11) is 0. The van der Waals surface area contributed by atoms with Crippen molar-refractivity contribution in [3.8, 4) is 45.3 Å². The normalized spacial score (nSPS) is 11.6. The number of pyridine rings is 3. The molecule has 0 bridgehead atoms. The first kappa shape index (κ1) is 30.2. The highest BCUT2D eigenvalue weighted by atomic mass is 15.0. The summed E-state index contributed by atoms with van der Waals surface area (Å²) in [4.78, 5) is 18.9. The fourth-order valence-electron chi connectivity index (χ4n) is 7.27. The van der Waals surface area contributed by atoms with Gasteiger partial charge in [-0.1, -0.05) is 72.8 Å². The molecule has 0 radical (unpaired) electrons. The molecular weight excluding hydrogens is 625 g/mol. The number of para-hydroxylation sites is 2. The smallest absolute Gasteiger partial charge is 0.0956 e. The average molecular weight is 657 g/mol. The van der Waals surface area contributed by atoms with Gasteiger partial charge in [0.15, 0.2) is 0 Å². The third kappa shape index (κ3) is 5.04. The van der Waals surface area contributed by atoms with Crippen molar-refractivity contribution in [1.82, 2.24) is 24.1 Å². The summed E-state index contributed by atoms with van der Waals surface area (Å²) in [5.74, 6) is 0. The van der Waals surface area contributed by atoms with E-state index in [0.29, 0.717) is 0 Å². The number of rotatable bonds is 7. The van der Waals surface area contributed by atoms with Crippen molar-refractivity contribution < 1.29 is 0 Å². The molecule has 0 atom stereocenters. The molecule has 6 nitrogen and oxygen atoms in total. The lowest BCUT2D eigenvalue weighted by Gasteiger charge is -2.13. The molecule has 51 heavy (non-hydrogen) atoms. The van der Waals surface area contributed by atoms with E-state index < -0.39 is 0 Å². The molecule has 0 aliphatic carbocycles. The standard InChI is InChI=1S/C45H32N6/c1-3-14-43-45(46-2)35-27-30(33-18-13-22-42-44(33)34-17-7-8-21-40(34)50(42)31-15-5-4-6-16-31)23-24-41(35)51(43)32-28-38(36-19-9-11-25-47-36)49-39(29-32)37-20-10-12-26-48-37/h3-29H,2H2,1H3/b14-3-. The Morgan fingerprint density at radius 1 is 0.569 bits per heavy atom. The van der Waals surface area contributed by atoms with Crippen molar-refractivity contribution in [3.63, 3.8) is 0 Å². The highest BCUT2D eigenvalue weighted by molar-refractivity contribution is 6.16. The first-order valence-electron chi connectivity index (χ1n) is 16.9. The maximum absolute atomic E-state index is 5.02. The summed E-state index contributed by atoms with van der Waals surface area (Å²) in [5.41, 5.74) is 12.5. The molecule has 5 aromatic heterocycles. The van der Waals surface area contributed by atoms with Gasteiger partial charge in [-0.2, -0.15) is 0 Å². The van der Waals surface area contributed by atoms with Crippen molar-refractivity contribution in [3.05, 3.63) is 164 Å². The van der Waals surface area contributed by atoms with Gasteiger partial charge < -0.3 is 9.13 Å². The lowest BCUT2D eigenvalue weighted by atomic mass is 9.98. The van der Waals surface area contributed by atoms with Gasteiger partial charge in [-0.05, 0) is 104 Å². The number of benzene rings is 4. The van der Waals surface area contributed by atoms with E-state index in [1.165, 1.54) is 16.3 Å². The minimum atomic E-state index is 0.758. The predicted octanol–water partition coefficient (Wildman–Crippen LogP) is 11.3. The summed E-state index contributed by atoms with van der Waals surface area (Å²) in [6.07, 6.45) is 7.72. The molecule has 242 valence electrons. The van der Waals surface area contributed by atoms with E-state index in [9.17, 15) is 0 Å². The first-order chi connectivity index (χ1) is 25.2. The average Bonchev–Trinajstić information content (AvgIpc) is 3.70. The summed E-state index contributed by atoms with van der Waals surface area (Å²) in [6, 6.07) is 48.4.